The fourth-order valence-electron chi connectivity index (χ4n) is 4.09. The first-order chi connectivity index (χ1) is 13.5. The summed E-state index contributed by atoms with van der Waals surface area (Å²) in [5.41, 5.74) is 1.09. The summed E-state index contributed by atoms with van der Waals surface area (Å²) in [6, 6.07) is 8.50. The summed E-state index contributed by atoms with van der Waals surface area (Å²) in [5.74, 6) is -0.206. The van der Waals surface area contributed by atoms with Crippen LogP contribution in [0.1, 0.15) is 72.8 Å². The molecule has 0 aliphatic carbocycles. The van der Waals surface area contributed by atoms with Crippen molar-refractivity contribution in [3.8, 4) is 0 Å². The van der Waals surface area contributed by atoms with E-state index < -0.39 is 5.60 Å². The molecule has 2 heterocycles. The molecule has 0 saturated carbocycles. The van der Waals surface area contributed by atoms with Crippen LogP contribution in [0.2, 0.25) is 0 Å². The number of benzene rings is 1. The van der Waals surface area contributed by atoms with Crippen LogP contribution in [-0.4, -0.2) is 43.6 Å². The van der Waals surface area contributed by atoms with Crippen LogP contribution in [0.4, 0.5) is 0 Å². The molecule has 0 amide bonds. The maximum absolute atomic E-state index is 11.8. The van der Waals surface area contributed by atoms with Crippen molar-refractivity contribution in [2.75, 3.05) is 13.7 Å². The first-order valence-electron chi connectivity index (χ1n) is 10.6. The SMILES string of the molecule is CCC1(CC(=O)OC)CCC(C)(c2ccc(B3OC(C)(C)C(C)(C)O3)cc2)CO1. The Balaban J connectivity index is 1.70. The van der Waals surface area contributed by atoms with Crippen LogP contribution in [0.5, 0.6) is 0 Å². The summed E-state index contributed by atoms with van der Waals surface area (Å²) < 4.78 is 23.5. The monoisotopic (exact) mass is 402 g/mol. The van der Waals surface area contributed by atoms with Crippen molar-refractivity contribution >= 4 is 18.6 Å². The molecule has 5 nitrogen and oxygen atoms in total. The minimum absolute atomic E-state index is 0.0801. The lowest BCUT2D eigenvalue weighted by molar-refractivity contribution is -0.158. The lowest BCUT2D eigenvalue weighted by atomic mass is 9.71. The highest BCUT2D eigenvalue weighted by Crippen LogP contribution is 2.42. The third kappa shape index (κ3) is 4.26. The van der Waals surface area contributed by atoms with Crippen LogP contribution < -0.4 is 5.46 Å². The molecule has 2 saturated heterocycles. The molecule has 2 unspecified atom stereocenters. The number of esters is 1. The second-order valence-corrected chi connectivity index (χ2v) is 9.85. The molecule has 0 radical (unpaired) electrons. The van der Waals surface area contributed by atoms with Gasteiger partial charge in [-0.3, -0.25) is 4.79 Å². The molecule has 0 bridgehead atoms. The number of hydrogen-bond acceptors (Lipinski definition) is 5. The Hall–Kier alpha value is -1.37. The van der Waals surface area contributed by atoms with E-state index in [1.165, 1.54) is 12.7 Å². The minimum Gasteiger partial charge on any atom is -0.469 e. The summed E-state index contributed by atoms with van der Waals surface area (Å²) in [6.45, 7) is 13.2. The number of hydrogen-bond donors (Lipinski definition) is 0. The average molecular weight is 402 g/mol. The summed E-state index contributed by atoms with van der Waals surface area (Å²) in [5, 5.41) is 0. The highest BCUT2D eigenvalue weighted by molar-refractivity contribution is 6.62. The molecule has 160 valence electrons. The third-order valence-corrected chi connectivity index (χ3v) is 7.30. The molecular formula is C23H35BO5. The number of carbonyl (C=O) groups excluding carboxylic acids is 1. The summed E-state index contributed by atoms with van der Waals surface area (Å²) in [7, 11) is 1.08. The molecule has 2 atom stereocenters. The van der Waals surface area contributed by atoms with Gasteiger partial charge in [-0.2, -0.15) is 0 Å². The quantitative estimate of drug-likeness (QED) is 0.555. The van der Waals surface area contributed by atoms with Gasteiger partial charge in [0.15, 0.2) is 0 Å². The summed E-state index contributed by atoms with van der Waals surface area (Å²) in [4.78, 5) is 11.8. The normalized spacial score (nSPS) is 30.9. The Kier molecular flexibility index (Phi) is 5.94. The molecule has 0 spiro atoms. The van der Waals surface area contributed by atoms with E-state index in [1.807, 2.05) is 0 Å². The van der Waals surface area contributed by atoms with Crippen molar-refractivity contribution in [3.05, 3.63) is 29.8 Å². The fourth-order valence-corrected chi connectivity index (χ4v) is 4.09. The zero-order valence-corrected chi connectivity index (χ0v) is 19.0. The zero-order valence-electron chi connectivity index (χ0n) is 19.0. The highest BCUT2D eigenvalue weighted by Gasteiger charge is 2.51. The Bertz CT molecular complexity index is 716. The second kappa shape index (κ2) is 7.71. The van der Waals surface area contributed by atoms with Crippen molar-refractivity contribution in [3.63, 3.8) is 0 Å². The lowest BCUT2D eigenvalue weighted by Crippen LogP contribution is -2.46. The predicted molar refractivity (Wildman–Crippen MR) is 114 cm³/mol. The van der Waals surface area contributed by atoms with E-state index in [0.29, 0.717) is 13.0 Å². The number of carbonyl (C=O) groups is 1. The van der Waals surface area contributed by atoms with E-state index >= 15 is 0 Å². The van der Waals surface area contributed by atoms with Crippen LogP contribution in [-0.2, 0) is 29.0 Å². The standard InChI is InChI=1S/C23H35BO5/c1-8-23(15-19(25)26-7)14-13-22(6,16-27-23)17-9-11-18(12-10-17)24-28-20(2,3)21(4,5)29-24/h9-12H,8,13-16H2,1-7H3. The Morgan fingerprint density at radius 1 is 1.03 bits per heavy atom. The van der Waals surface area contributed by atoms with Gasteiger partial charge in [-0.05, 0) is 58.0 Å². The van der Waals surface area contributed by atoms with Crippen LogP contribution in [0.3, 0.4) is 0 Å². The van der Waals surface area contributed by atoms with Gasteiger partial charge >= 0.3 is 13.1 Å². The first-order valence-corrected chi connectivity index (χ1v) is 10.6. The Morgan fingerprint density at radius 2 is 1.62 bits per heavy atom. The molecule has 6 heteroatoms. The third-order valence-electron chi connectivity index (χ3n) is 7.30. The van der Waals surface area contributed by atoms with Crippen molar-refractivity contribution in [1.29, 1.82) is 0 Å². The van der Waals surface area contributed by atoms with Gasteiger partial charge in [-0.1, -0.05) is 38.1 Å². The lowest BCUT2D eigenvalue weighted by Gasteiger charge is -2.44. The maximum Gasteiger partial charge on any atom is 0.494 e. The van der Waals surface area contributed by atoms with Gasteiger partial charge in [-0.15, -0.1) is 0 Å². The fraction of sp³-hybridized carbons (Fsp3) is 0.696. The summed E-state index contributed by atoms with van der Waals surface area (Å²) >= 11 is 0. The van der Waals surface area contributed by atoms with Crippen LogP contribution in [0.25, 0.3) is 0 Å². The second-order valence-electron chi connectivity index (χ2n) is 9.85. The topological polar surface area (TPSA) is 54.0 Å². The molecule has 1 aromatic rings. The smallest absolute Gasteiger partial charge is 0.469 e. The average Bonchev–Trinajstić information content (AvgIpc) is 2.91. The number of rotatable bonds is 5. The molecule has 2 aliphatic rings. The van der Waals surface area contributed by atoms with Crippen molar-refractivity contribution in [2.24, 2.45) is 0 Å². The van der Waals surface area contributed by atoms with Crippen LogP contribution in [0, 0.1) is 0 Å². The van der Waals surface area contributed by atoms with Crippen LogP contribution >= 0.6 is 0 Å². The van der Waals surface area contributed by atoms with Gasteiger partial charge in [-0.25, -0.2) is 0 Å². The number of ether oxygens (including phenoxy) is 2. The largest absolute Gasteiger partial charge is 0.494 e. The van der Waals surface area contributed by atoms with Gasteiger partial charge < -0.3 is 18.8 Å². The molecule has 0 aromatic heterocycles. The van der Waals surface area contributed by atoms with E-state index in [1.54, 1.807) is 0 Å². The Morgan fingerprint density at radius 3 is 2.07 bits per heavy atom. The van der Waals surface area contributed by atoms with Crippen molar-refractivity contribution in [1.82, 2.24) is 0 Å². The van der Waals surface area contributed by atoms with Gasteiger partial charge in [0.25, 0.3) is 0 Å². The molecule has 0 N–H and O–H groups in total. The van der Waals surface area contributed by atoms with Gasteiger partial charge in [0.1, 0.15) is 0 Å². The molecular weight excluding hydrogens is 367 g/mol. The van der Waals surface area contributed by atoms with Crippen LogP contribution in [0.15, 0.2) is 24.3 Å². The van der Waals surface area contributed by atoms with E-state index in [0.717, 1.165) is 24.7 Å². The molecule has 29 heavy (non-hydrogen) atoms. The van der Waals surface area contributed by atoms with Crippen molar-refractivity contribution < 1.29 is 23.6 Å². The maximum atomic E-state index is 11.8. The summed E-state index contributed by atoms with van der Waals surface area (Å²) in [6.07, 6.45) is 2.93. The van der Waals surface area contributed by atoms with Gasteiger partial charge in [0, 0.05) is 5.41 Å². The van der Waals surface area contributed by atoms with E-state index in [2.05, 4.69) is 65.8 Å². The van der Waals surface area contributed by atoms with Crippen molar-refractivity contribution in [2.45, 2.75) is 89.4 Å². The molecule has 2 aliphatic heterocycles. The minimum atomic E-state index is -0.408. The zero-order chi connectivity index (χ0) is 21.5. The van der Waals surface area contributed by atoms with E-state index in [-0.39, 0.29) is 29.7 Å². The number of methoxy groups -OCH3 is 1. The van der Waals surface area contributed by atoms with Gasteiger partial charge in [0.05, 0.1) is 36.9 Å². The first kappa shape index (κ1) is 22.3. The predicted octanol–water partition coefficient (Wildman–Crippen LogP) is 3.77. The highest BCUT2D eigenvalue weighted by atomic mass is 16.7. The van der Waals surface area contributed by atoms with E-state index in [4.69, 9.17) is 18.8 Å². The Labute approximate surface area is 175 Å². The molecule has 1 aromatic carbocycles. The molecule has 3 rings (SSSR count). The van der Waals surface area contributed by atoms with E-state index in [9.17, 15) is 4.79 Å². The van der Waals surface area contributed by atoms with Gasteiger partial charge in [0.2, 0.25) is 0 Å². The molecule has 2 fully saturated rings.